The number of aryl methyl sites for hydroxylation is 2. The number of fused-ring (bicyclic) bond motifs is 1. The van der Waals surface area contributed by atoms with Crippen LogP contribution in [0.1, 0.15) is 48.9 Å². The van der Waals surface area contributed by atoms with Crippen molar-refractivity contribution in [3.63, 3.8) is 0 Å². The van der Waals surface area contributed by atoms with Crippen LogP contribution in [0.25, 0.3) is 10.2 Å². The fourth-order valence-electron chi connectivity index (χ4n) is 4.21. The number of ether oxygens (including phenoxy) is 1. The largest absolute Gasteiger partial charge is 0.379 e. The van der Waals surface area contributed by atoms with Crippen LogP contribution in [0.15, 0.2) is 0 Å². The second-order valence-corrected chi connectivity index (χ2v) is 8.77. The van der Waals surface area contributed by atoms with Crippen molar-refractivity contribution < 1.29 is 4.74 Å². The lowest BCUT2D eigenvalue weighted by Crippen LogP contribution is -2.40. The molecule has 0 spiro atoms. The quantitative estimate of drug-likeness (QED) is 0.812. The van der Waals surface area contributed by atoms with Crippen LogP contribution in [0.4, 0.5) is 5.82 Å². The van der Waals surface area contributed by atoms with Crippen LogP contribution in [0.3, 0.4) is 0 Å². The molecule has 0 amide bonds. The lowest BCUT2D eigenvalue weighted by molar-refractivity contribution is 0.0331. The number of nitrogens with zero attached hydrogens (tertiary/aromatic N) is 4. The average Bonchev–Trinajstić information content (AvgIpc) is 2.96. The van der Waals surface area contributed by atoms with E-state index in [1.807, 2.05) is 11.3 Å². The first kappa shape index (κ1) is 18.1. The highest BCUT2D eigenvalue weighted by atomic mass is 32.1. The van der Waals surface area contributed by atoms with Gasteiger partial charge in [-0.25, -0.2) is 9.97 Å². The standard InChI is InChI=1S/C20H30N4OS/c1-4-16-7-5-6-8-24(16)19-18-14(2)15(3)26-20(18)22-17(21-19)13-23-9-11-25-12-10-23/h16H,4-13H2,1-3H3. The summed E-state index contributed by atoms with van der Waals surface area (Å²) in [5.41, 5.74) is 1.36. The van der Waals surface area contributed by atoms with Crippen LogP contribution in [0.5, 0.6) is 0 Å². The molecule has 4 heterocycles. The second kappa shape index (κ2) is 7.79. The molecule has 0 aromatic carbocycles. The van der Waals surface area contributed by atoms with Gasteiger partial charge in [-0.3, -0.25) is 4.90 Å². The van der Waals surface area contributed by atoms with Gasteiger partial charge in [-0.05, 0) is 45.1 Å². The Balaban J connectivity index is 1.75. The zero-order valence-corrected chi connectivity index (χ0v) is 17.1. The third-order valence-corrected chi connectivity index (χ3v) is 7.00. The summed E-state index contributed by atoms with van der Waals surface area (Å²) in [7, 11) is 0. The molecule has 2 saturated heterocycles. The number of rotatable bonds is 4. The van der Waals surface area contributed by atoms with E-state index in [-0.39, 0.29) is 0 Å². The molecule has 142 valence electrons. The Hall–Kier alpha value is -1.24. The Labute approximate surface area is 160 Å². The minimum atomic E-state index is 0.609. The van der Waals surface area contributed by atoms with E-state index in [4.69, 9.17) is 14.7 Å². The van der Waals surface area contributed by atoms with Crippen molar-refractivity contribution in [2.75, 3.05) is 37.7 Å². The van der Waals surface area contributed by atoms with Gasteiger partial charge in [0, 0.05) is 30.6 Å². The molecule has 0 saturated carbocycles. The summed E-state index contributed by atoms with van der Waals surface area (Å²) in [5, 5.41) is 1.29. The van der Waals surface area contributed by atoms with Crippen molar-refractivity contribution in [1.82, 2.24) is 14.9 Å². The highest BCUT2D eigenvalue weighted by Crippen LogP contribution is 2.37. The van der Waals surface area contributed by atoms with E-state index in [2.05, 4.69) is 30.6 Å². The fourth-order valence-corrected chi connectivity index (χ4v) is 5.26. The number of aromatic nitrogens is 2. The van der Waals surface area contributed by atoms with Gasteiger partial charge in [0.1, 0.15) is 16.5 Å². The van der Waals surface area contributed by atoms with Crippen LogP contribution in [-0.4, -0.2) is 53.8 Å². The lowest BCUT2D eigenvalue weighted by Gasteiger charge is -2.37. The van der Waals surface area contributed by atoms with E-state index >= 15 is 0 Å². The molecule has 2 fully saturated rings. The molecule has 2 aliphatic heterocycles. The van der Waals surface area contributed by atoms with Crippen molar-refractivity contribution in [2.45, 2.75) is 59.0 Å². The SMILES string of the molecule is CCC1CCCCN1c1nc(CN2CCOCC2)nc2sc(C)c(C)c12. The molecule has 2 aromatic heterocycles. The molecule has 0 radical (unpaired) electrons. The summed E-state index contributed by atoms with van der Waals surface area (Å²) >= 11 is 1.82. The summed E-state index contributed by atoms with van der Waals surface area (Å²) in [4.78, 5) is 17.6. The van der Waals surface area contributed by atoms with E-state index in [1.54, 1.807) is 0 Å². The first-order chi connectivity index (χ1) is 12.7. The minimum Gasteiger partial charge on any atom is -0.379 e. The van der Waals surface area contributed by atoms with E-state index < -0.39 is 0 Å². The maximum absolute atomic E-state index is 5.49. The van der Waals surface area contributed by atoms with Gasteiger partial charge in [-0.15, -0.1) is 11.3 Å². The summed E-state index contributed by atoms with van der Waals surface area (Å²) in [5.74, 6) is 2.16. The Bertz CT molecular complexity index is 769. The molecular formula is C20H30N4OS. The van der Waals surface area contributed by atoms with E-state index in [1.165, 1.54) is 47.3 Å². The topological polar surface area (TPSA) is 41.5 Å². The van der Waals surface area contributed by atoms with Crippen LogP contribution >= 0.6 is 11.3 Å². The molecule has 1 unspecified atom stereocenters. The van der Waals surface area contributed by atoms with Gasteiger partial charge >= 0.3 is 0 Å². The highest BCUT2D eigenvalue weighted by Gasteiger charge is 2.27. The highest BCUT2D eigenvalue weighted by molar-refractivity contribution is 7.18. The van der Waals surface area contributed by atoms with Gasteiger partial charge in [0.25, 0.3) is 0 Å². The van der Waals surface area contributed by atoms with Gasteiger partial charge < -0.3 is 9.64 Å². The normalized spacial score (nSPS) is 22.3. The number of morpholine rings is 1. The van der Waals surface area contributed by atoms with E-state index in [0.29, 0.717) is 6.04 Å². The first-order valence-corrected chi connectivity index (χ1v) is 10.8. The summed E-state index contributed by atoms with van der Waals surface area (Å²) in [6.07, 6.45) is 5.07. The van der Waals surface area contributed by atoms with Crippen molar-refractivity contribution in [3.05, 3.63) is 16.3 Å². The average molecular weight is 375 g/mol. The summed E-state index contributed by atoms with van der Waals surface area (Å²) in [6, 6.07) is 0.609. The van der Waals surface area contributed by atoms with Crippen LogP contribution in [0.2, 0.25) is 0 Å². The van der Waals surface area contributed by atoms with Crippen LogP contribution in [-0.2, 0) is 11.3 Å². The number of anilines is 1. The molecule has 0 N–H and O–H groups in total. The molecule has 0 bridgehead atoms. The van der Waals surface area contributed by atoms with Crippen molar-refractivity contribution >= 4 is 27.4 Å². The van der Waals surface area contributed by atoms with Gasteiger partial charge in [0.2, 0.25) is 0 Å². The number of piperidine rings is 1. The van der Waals surface area contributed by atoms with Gasteiger partial charge in [-0.1, -0.05) is 6.92 Å². The Morgan fingerprint density at radius 2 is 1.92 bits per heavy atom. The molecule has 4 rings (SSSR count). The number of hydrogen-bond donors (Lipinski definition) is 0. The third-order valence-electron chi connectivity index (χ3n) is 5.90. The molecule has 2 aliphatic rings. The Morgan fingerprint density at radius 3 is 2.69 bits per heavy atom. The molecule has 1 atom stereocenters. The van der Waals surface area contributed by atoms with E-state index in [9.17, 15) is 0 Å². The monoisotopic (exact) mass is 374 g/mol. The van der Waals surface area contributed by atoms with Gasteiger partial charge in [0.05, 0.1) is 25.1 Å². The zero-order chi connectivity index (χ0) is 18.1. The third kappa shape index (κ3) is 3.47. The summed E-state index contributed by atoms with van der Waals surface area (Å²) in [6.45, 7) is 12.3. The number of hydrogen-bond acceptors (Lipinski definition) is 6. The smallest absolute Gasteiger partial charge is 0.146 e. The fraction of sp³-hybridized carbons (Fsp3) is 0.700. The zero-order valence-electron chi connectivity index (χ0n) is 16.3. The molecule has 5 nitrogen and oxygen atoms in total. The summed E-state index contributed by atoms with van der Waals surface area (Å²) < 4.78 is 5.49. The Morgan fingerprint density at radius 1 is 1.12 bits per heavy atom. The lowest BCUT2D eigenvalue weighted by atomic mass is 9.99. The maximum Gasteiger partial charge on any atom is 0.146 e. The molecule has 6 heteroatoms. The predicted octanol–water partition coefficient (Wildman–Crippen LogP) is 3.91. The second-order valence-electron chi connectivity index (χ2n) is 7.57. The Kier molecular flexibility index (Phi) is 5.43. The molecule has 0 aliphatic carbocycles. The van der Waals surface area contributed by atoms with Gasteiger partial charge in [0.15, 0.2) is 0 Å². The first-order valence-electron chi connectivity index (χ1n) is 10.0. The van der Waals surface area contributed by atoms with Crippen LogP contribution in [0, 0.1) is 13.8 Å². The van der Waals surface area contributed by atoms with Crippen molar-refractivity contribution in [3.8, 4) is 0 Å². The van der Waals surface area contributed by atoms with E-state index in [0.717, 1.165) is 50.0 Å². The molecule has 2 aromatic rings. The minimum absolute atomic E-state index is 0.609. The predicted molar refractivity (Wildman–Crippen MR) is 108 cm³/mol. The van der Waals surface area contributed by atoms with Crippen LogP contribution < -0.4 is 4.90 Å². The van der Waals surface area contributed by atoms with Crippen molar-refractivity contribution in [1.29, 1.82) is 0 Å². The number of thiophene rings is 1. The molecule has 26 heavy (non-hydrogen) atoms. The molecular weight excluding hydrogens is 344 g/mol. The van der Waals surface area contributed by atoms with Gasteiger partial charge in [-0.2, -0.15) is 0 Å². The maximum atomic E-state index is 5.49. The van der Waals surface area contributed by atoms with Crippen molar-refractivity contribution in [2.24, 2.45) is 0 Å².